The molecule has 0 amide bonds. The lowest BCUT2D eigenvalue weighted by Gasteiger charge is -1.96. The monoisotopic (exact) mass is 273 g/mol. The van der Waals surface area contributed by atoms with Crippen molar-refractivity contribution in [1.29, 1.82) is 0 Å². The third kappa shape index (κ3) is 2.71. The molecule has 0 aliphatic carbocycles. The summed E-state index contributed by atoms with van der Waals surface area (Å²) in [7, 11) is -4.19. The molecule has 4 nitrogen and oxygen atoms in total. The first-order chi connectivity index (χ1) is 5.02. The highest BCUT2D eigenvalue weighted by Crippen LogP contribution is 2.17. The second kappa shape index (κ2) is 4.18. The van der Waals surface area contributed by atoms with Crippen molar-refractivity contribution >= 4 is 38.5 Å². The van der Waals surface area contributed by atoms with E-state index in [1.807, 2.05) is 0 Å². The Labute approximate surface area is 84.3 Å². The standard InChI is InChI=1S/C5H4BrNO3S.ClH/c6-4-2-1-3-7-5(4)11(8,9)10;/h1-3H,(H,8,9,10);1H. The van der Waals surface area contributed by atoms with Crippen LogP contribution >= 0.6 is 28.3 Å². The van der Waals surface area contributed by atoms with Crippen molar-refractivity contribution in [3.8, 4) is 0 Å². The van der Waals surface area contributed by atoms with Crippen LogP contribution in [0.15, 0.2) is 27.8 Å². The van der Waals surface area contributed by atoms with Crippen molar-refractivity contribution in [1.82, 2.24) is 4.98 Å². The van der Waals surface area contributed by atoms with E-state index in [0.717, 1.165) is 0 Å². The molecule has 7 heteroatoms. The molecule has 68 valence electrons. The van der Waals surface area contributed by atoms with Crippen LogP contribution in [0, 0.1) is 0 Å². The molecule has 0 saturated heterocycles. The molecule has 1 aromatic rings. The molecule has 0 unspecified atom stereocenters. The number of hydrogen-bond acceptors (Lipinski definition) is 3. The van der Waals surface area contributed by atoms with E-state index in [-0.39, 0.29) is 21.9 Å². The van der Waals surface area contributed by atoms with E-state index in [1.165, 1.54) is 12.3 Å². The van der Waals surface area contributed by atoms with E-state index in [2.05, 4.69) is 20.9 Å². The summed E-state index contributed by atoms with van der Waals surface area (Å²) in [6.07, 6.45) is 1.29. The minimum Gasteiger partial charge on any atom is -0.281 e. The predicted octanol–water partition coefficient (Wildman–Crippen LogP) is 1.51. The molecule has 0 saturated carbocycles. The van der Waals surface area contributed by atoms with Gasteiger partial charge in [-0.1, -0.05) is 0 Å². The summed E-state index contributed by atoms with van der Waals surface area (Å²) < 4.78 is 29.8. The molecule has 1 rings (SSSR count). The van der Waals surface area contributed by atoms with Crippen LogP contribution in [0.5, 0.6) is 0 Å². The van der Waals surface area contributed by atoms with Gasteiger partial charge >= 0.3 is 10.1 Å². The third-order valence-corrected chi connectivity index (χ3v) is 2.69. The van der Waals surface area contributed by atoms with Gasteiger partial charge < -0.3 is 0 Å². The molecule has 0 spiro atoms. The van der Waals surface area contributed by atoms with Crippen LogP contribution in [-0.4, -0.2) is 18.0 Å². The van der Waals surface area contributed by atoms with Gasteiger partial charge in [-0.3, -0.25) is 4.55 Å². The first-order valence-corrected chi connectivity index (χ1v) is 4.83. The van der Waals surface area contributed by atoms with Crippen molar-refractivity contribution in [2.24, 2.45) is 0 Å². The molecule has 0 atom stereocenters. The topological polar surface area (TPSA) is 67.3 Å². The zero-order valence-electron chi connectivity index (χ0n) is 5.64. The molecule has 1 N–H and O–H groups in total. The van der Waals surface area contributed by atoms with E-state index in [9.17, 15) is 8.42 Å². The lowest BCUT2D eigenvalue weighted by Crippen LogP contribution is -2.01. The number of nitrogens with zero attached hydrogens (tertiary/aromatic N) is 1. The van der Waals surface area contributed by atoms with Gasteiger partial charge in [0.25, 0.3) is 0 Å². The van der Waals surface area contributed by atoms with E-state index in [1.54, 1.807) is 6.07 Å². The molecule has 0 radical (unpaired) electrons. The normalized spacial score (nSPS) is 10.5. The highest BCUT2D eigenvalue weighted by atomic mass is 79.9. The number of rotatable bonds is 1. The summed E-state index contributed by atoms with van der Waals surface area (Å²) >= 11 is 2.93. The molecule has 0 fully saturated rings. The van der Waals surface area contributed by atoms with Crippen molar-refractivity contribution < 1.29 is 13.0 Å². The van der Waals surface area contributed by atoms with E-state index < -0.39 is 10.1 Å². The quantitative estimate of drug-likeness (QED) is 0.788. The first-order valence-electron chi connectivity index (χ1n) is 2.60. The van der Waals surface area contributed by atoms with Gasteiger partial charge in [0, 0.05) is 6.20 Å². The second-order valence-electron chi connectivity index (χ2n) is 1.77. The summed E-state index contributed by atoms with van der Waals surface area (Å²) in [5.74, 6) is 0. The Hall–Kier alpha value is -0.170. The maximum Gasteiger partial charge on any atom is 0.313 e. The number of hydrogen-bond donors (Lipinski definition) is 1. The molecule has 1 heterocycles. The molecule has 0 aromatic carbocycles. The second-order valence-corrected chi connectivity index (χ2v) is 3.96. The van der Waals surface area contributed by atoms with Crippen LogP contribution in [0.3, 0.4) is 0 Å². The fourth-order valence-corrected chi connectivity index (χ4v) is 1.94. The summed E-state index contributed by atoms with van der Waals surface area (Å²) in [5, 5.41) is -0.361. The van der Waals surface area contributed by atoms with Gasteiger partial charge in [0.2, 0.25) is 0 Å². The molecule has 0 aliphatic rings. The average Bonchev–Trinajstić information content (AvgIpc) is 1.86. The first kappa shape index (κ1) is 11.8. The van der Waals surface area contributed by atoms with Crippen LogP contribution in [0.1, 0.15) is 0 Å². The third-order valence-electron chi connectivity index (χ3n) is 0.969. The number of halogens is 2. The van der Waals surface area contributed by atoms with Gasteiger partial charge in [-0.25, -0.2) is 4.98 Å². The Bertz CT molecular complexity index is 367. The lowest BCUT2D eigenvalue weighted by molar-refractivity contribution is 0.478. The van der Waals surface area contributed by atoms with Gasteiger partial charge in [-0.2, -0.15) is 8.42 Å². The highest BCUT2D eigenvalue weighted by Gasteiger charge is 2.14. The lowest BCUT2D eigenvalue weighted by atomic mass is 10.5. The number of pyridine rings is 1. The van der Waals surface area contributed by atoms with Crippen LogP contribution in [-0.2, 0) is 10.1 Å². The minimum atomic E-state index is -4.19. The zero-order valence-corrected chi connectivity index (χ0v) is 8.86. The molecule has 0 aliphatic heterocycles. The van der Waals surface area contributed by atoms with E-state index in [0.29, 0.717) is 0 Å². The molecule has 1 aromatic heterocycles. The largest absolute Gasteiger partial charge is 0.313 e. The fourth-order valence-electron chi connectivity index (χ4n) is 0.561. The van der Waals surface area contributed by atoms with Gasteiger partial charge in [0.15, 0.2) is 5.03 Å². The van der Waals surface area contributed by atoms with Gasteiger partial charge in [0.05, 0.1) is 4.47 Å². The fraction of sp³-hybridized carbons (Fsp3) is 0. The van der Waals surface area contributed by atoms with Gasteiger partial charge in [-0.15, -0.1) is 12.4 Å². The van der Waals surface area contributed by atoms with Crippen molar-refractivity contribution in [2.75, 3.05) is 0 Å². The number of aromatic nitrogens is 1. The van der Waals surface area contributed by atoms with Crippen LogP contribution < -0.4 is 0 Å². The maximum atomic E-state index is 10.5. The Morgan fingerprint density at radius 2 is 2.08 bits per heavy atom. The van der Waals surface area contributed by atoms with Crippen LogP contribution in [0.2, 0.25) is 0 Å². The summed E-state index contributed by atoms with van der Waals surface area (Å²) in [6.45, 7) is 0. The predicted molar refractivity (Wildman–Crippen MR) is 49.0 cm³/mol. The Morgan fingerprint density at radius 1 is 1.50 bits per heavy atom. The maximum absolute atomic E-state index is 10.5. The molecule has 12 heavy (non-hydrogen) atoms. The van der Waals surface area contributed by atoms with Gasteiger partial charge in [0.1, 0.15) is 0 Å². The Morgan fingerprint density at radius 3 is 2.42 bits per heavy atom. The summed E-state index contributed by atoms with van der Waals surface area (Å²) in [4.78, 5) is 3.46. The van der Waals surface area contributed by atoms with Gasteiger partial charge in [-0.05, 0) is 28.1 Å². The van der Waals surface area contributed by atoms with Crippen molar-refractivity contribution in [2.45, 2.75) is 5.03 Å². The average molecular weight is 275 g/mol. The van der Waals surface area contributed by atoms with E-state index >= 15 is 0 Å². The van der Waals surface area contributed by atoms with Crippen molar-refractivity contribution in [3.63, 3.8) is 0 Å². The van der Waals surface area contributed by atoms with Crippen LogP contribution in [0.4, 0.5) is 0 Å². The molecule has 0 bridgehead atoms. The SMILES string of the molecule is Cl.O=S(=O)(O)c1ncccc1Br. The van der Waals surface area contributed by atoms with Crippen molar-refractivity contribution in [3.05, 3.63) is 22.8 Å². The Balaban J connectivity index is 0.00000121. The van der Waals surface area contributed by atoms with Crippen LogP contribution in [0.25, 0.3) is 0 Å². The highest BCUT2D eigenvalue weighted by molar-refractivity contribution is 9.10. The summed E-state index contributed by atoms with van der Waals surface area (Å²) in [6, 6.07) is 3.04. The van der Waals surface area contributed by atoms with E-state index in [4.69, 9.17) is 4.55 Å². The molecular weight excluding hydrogens is 269 g/mol. The smallest absolute Gasteiger partial charge is 0.281 e. The zero-order chi connectivity index (χ0) is 8.48. The minimum absolute atomic E-state index is 0. The Kier molecular flexibility index (Phi) is 4.12. The summed E-state index contributed by atoms with van der Waals surface area (Å²) in [5.41, 5.74) is 0. The molecular formula is C5H5BrClNO3S.